The van der Waals surface area contributed by atoms with E-state index in [1.54, 1.807) is 12.3 Å². The second-order valence-electron chi connectivity index (χ2n) is 3.79. The van der Waals surface area contributed by atoms with Crippen molar-refractivity contribution in [1.82, 2.24) is 4.98 Å². The SMILES string of the molecule is CC(C)CN(C)c1ccc(C#N)cn1. The molecule has 0 unspecified atom stereocenters. The van der Waals surface area contributed by atoms with Crippen molar-refractivity contribution in [3.8, 4) is 6.07 Å². The molecule has 0 saturated carbocycles. The largest absolute Gasteiger partial charge is 0.359 e. The maximum atomic E-state index is 8.61. The Morgan fingerprint density at radius 1 is 1.50 bits per heavy atom. The lowest BCUT2D eigenvalue weighted by molar-refractivity contribution is 0.634. The zero-order chi connectivity index (χ0) is 10.6. The molecule has 0 bridgehead atoms. The number of pyridine rings is 1. The standard InChI is InChI=1S/C11H15N3/c1-9(2)8-14(3)11-5-4-10(6-12)7-13-11/h4-5,7,9H,8H2,1-3H3. The molecule has 3 heteroatoms. The summed E-state index contributed by atoms with van der Waals surface area (Å²) >= 11 is 0. The van der Waals surface area contributed by atoms with Crippen LogP contribution in [0.1, 0.15) is 19.4 Å². The molecule has 0 N–H and O–H groups in total. The second-order valence-corrected chi connectivity index (χ2v) is 3.79. The van der Waals surface area contributed by atoms with Gasteiger partial charge in [0.1, 0.15) is 11.9 Å². The summed E-state index contributed by atoms with van der Waals surface area (Å²) in [5, 5.41) is 8.61. The van der Waals surface area contributed by atoms with Gasteiger partial charge < -0.3 is 4.90 Å². The summed E-state index contributed by atoms with van der Waals surface area (Å²) in [4.78, 5) is 6.30. The van der Waals surface area contributed by atoms with Crippen LogP contribution in [0.25, 0.3) is 0 Å². The molecular weight excluding hydrogens is 174 g/mol. The molecule has 0 aromatic carbocycles. The molecule has 0 fully saturated rings. The highest BCUT2D eigenvalue weighted by Gasteiger charge is 2.03. The Morgan fingerprint density at radius 2 is 2.21 bits per heavy atom. The third kappa shape index (κ3) is 2.74. The lowest BCUT2D eigenvalue weighted by atomic mass is 10.2. The Morgan fingerprint density at radius 3 is 2.64 bits per heavy atom. The third-order valence-electron chi connectivity index (χ3n) is 1.91. The van der Waals surface area contributed by atoms with Crippen molar-refractivity contribution in [3.63, 3.8) is 0 Å². The minimum atomic E-state index is 0.603. The highest BCUT2D eigenvalue weighted by molar-refractivity contribution is 5.40. The van der Waals surface area contributed by atoms with Gasteiger partial charge in [-0.25, -0.2) is 4.98 Å². The molecule has 1 rings (SSSR count). The predicted octanol–water partition coefficient (Wildman–Crippen LogP) is 2.05. The van der Waals surface area contributed by atoms with Gasteiger partial charge in [-0.15, -0.1) is 0 Å². The Hall–Kier alpha value is -1.56. The van der Waals surface area contributed by atoms with E-state index in [1.807, 2.05) is 13.1 Å². The molecular formula is C11H15N3. The fourth-order valence-corrected chi connectivity index (χ4v) is 1.32. The molecule has 0 aliphatic rings. The molecule has 1 aromatic heterocycles. The van der Waals surface area contributed by atoms with E-state index in [1.165, 1.54) is 0 Å². The van der Waals surface area contributed by atoms with E-state index < -0.39 is 0 Å². The van der Waals surface area contributed by atoms with Crippen molar-refractivity contribution in [3.05, 3.63) is 23.9 Å². The van der Waals surface area contributed by atoms with Crippen LogP contribution < -0.4 is 4.90 Å². The van der Waals surface area contributed by atoms with Crippen molar-refractivity contribution >= 4 is 5.82 Å². The number of nitrogens with zero attached hydrogens (tertiary/aromatic N) is 3. The van der Waals surface area contributed by atoms with Gasteiger partial charge in [-0.1, -0.05) is 13.8 Å². The van der Waals surface area contributed by atoms with E-state index in [-0.39, 0.29) is 0 Å². The van der Waals surface area contributed by atoms with E-state index >= 15 is 0 Å². The molecule has 14 heavy (non-hydrogen) atoms. The second kappa shape index (κ2) is 4.61. The van der Waals surface area contributed by atoms with E-state index in [0.717, 1.165) is 12.4 Å². The lowest BCUT2D eigenvalue weighted by Gasteiger charge is -2.19. The highest BCUT2D eigenvalue weighted by Crippen LogP contribution is 2.10. The van der Waals surface area contributed by atoms with Crippen LogP contribution in [0, 0.1) is 17.2 Å². The quantitative estimate of drug-likeness (QED) is 0.730. The molecule has 0 saturated heterocycles. The number of aromatic nitrogens is 1. The molecule has 0 spiro atoms. The van der Waals surface area contributed by atoms with Crippen molar-refractivity contribution in [2.75, 3.05) is 18.5 Å². The molecule has 1 aromatic rings. The van der Waals surface area contributed by atoms with Gasteiger partial charge in [0.15, 0.2) is 0 Å². The minimum absolute atomic E-state index is 0.603. The van der Waals surface area contributed by atoms with Crippen LogP contribution in [0.4, 0.5) is 5.82 Å². The third-order valence-corrected chi connectivity index (χ3v) is 1.91. The van der Waals surface area contributed by atoms with Crippen LogP contribution in [-0.2, 0) is 0 Å². The smallest absolute Gasteiger partial charge is 0.128 e. The van der Waals surface area contributed by atoms with Crippen molar-refractivity contribution in [2.24, 2.45) is 5.92 Å². The van der Waals surface area contributed by atoms with Gasteiger partial charge >= 0.3 is 0 Å². The fourth-order valence-electron chi connectivity index (χ4n) is 1.32. The van der Waals surface area contributed by atoms with Crippen molar-refractivity contribution in [2.45, 2.75) is 13.8 Å². The molecule has 74 valence electrons. The summed E-state index contributed by atoms with van der Waals surface area (Å²) < 4.78 is 0. The molecule has 1 heterocycles. The van der Waals surface area contributed by atoms with Crippen molar-refractivity contribution < 1.29 is 0 Å². The first-order valence-electron chi connectivity index (χ1n) is 4.70. The Kier molecular flexibility index (Phi) is 3.47. The Balaban J connectivity index is 2.72. The summed E-state index contributed by atoms with van der Waals surface area (Å²) in [5.41, 5.74) is 0.603. The van der Waals surface area contributed by atoms with Crippen molar-refractivity contribution in [1.29, 1.82) is 5.26 Å². The number of rotatable bonds is 3. The number of hydrogen-bond donors (Lipinski definition) is 0. The van der Waals surface area contributed by atoms with E-state index in [0.29, 0.717) is 11.5 Å². The zero-order valence-corrected chi connectivity index (χ0v) is 8.86. The summed E-state index contributed by atoms with van der Waals surface area (Å²) in [5.74, 6) is 1.52. The summed E-state index contributed by atoms with van der Waals surface area (Å²) in [6, 6.07) is 5.72. The average Bonchev–Trinajstić information content (AvgIpc) is 2.17. The first-order valence-corrected chi connectivity index (χ1v) is 4.70. The predicted molar refractivity (Wildman–Crippen MR) is 57.1 cm³/mol. The summed E-state index contributed by atoms with van der Waals surface area (Å²) in [6.07, 6.45) is 1.60. The molecule has 3 nitrogen and oxygen atoms in total. The topological polar surface area (TPSA) is 39.9 Å². The average molecular weight is 189 g/mol. The Bertz CT molecular complexity index is 321. The number of nitriles is 1. The maximum Gasteiger partial charge on any atom is 0.128 e. The van der Waals surface area contributed by atoms with Gasteiger partial charge in [0.25, 0.3) is 0 Å². The van der Waals surface area contributed by atoms with Gasteiger partial charge in [0, 0.05) is 19.8 Å². The van der Waals surface area contributed by atoms with Gasteiger partial charge in [0.2, 0.25) is 0 Å². The Labute approximate surface area is 85.0 Å². The fraction of sp³-hybridized carbons (Fsp3) is 0.455. The highest BCUT2D eigenvalue weighted by atomic mass is 15.2. The van der Waals surface area contributed by atoms with Crippen LogP contribution in [0.2, 0.25) is 0 Å². The van der Waals surface area contributed by atoms with Crippen LogP contribution in [0.15, 0.2) is 18.3 Å². The van der Waals surface area contributed by atoms with Gasteiger partial charge in [-0.2, -0.15) is 5.26 Å². The first-order chi connectivity index (χ1) is 6.63. The number of hydrogen-bond acceptors (Lipinski definition) is 3. The first kappa shape index (κ1) is 10.5. The van der Waals surface area contributed by atoms with Crippen LogP contribution in [-0.4, -0.2) is 18.6 Å². The van der Waals surface area contributed by atoms with Gasteiger partial charge in [0.05, 0.1) is 5.56 Å². The lowest BCUT2D eigenvalue weighted by Crippen LogP contribution is -2.23. The maximum absolute atomic E-state index is 8.61. The van der Waals surface area contributed by atoms with E-state index in [4.69, 9.17) is 5.26 Å². The number of anilines is 1. The van der Waals surface area contributed by atoms with Gasteiger partial charge in [-0.05, 0) is 18.1 Å². The molecule has 0 amide bonds. The molecule has 0 aliphatic heterocycles. The molecule has 0 atom stereocenters. The van der Waals surface area contributed by atoms with E-state index in [2.05, 4.69) is 29.8 Å². The summed E-state index contributed by atoms with van der Waals surface area (Å²) in [7, 11) is 2.01. The summed E-state index contributed by atoms with van der Waals surface area (Å²) in [6.45, 7) is 5.30. The monoisotopic (exact) mass is 189 g/mol. The zero-order valence-electron chi connectivity index (χ0n) is 8.86. The van der Waals surface area contributed by atoms with Crippen LogP contribution >= 0.6 is 0 Å². The van der Waals surface area contributed by atoms with Crippen LogP contribution in [0.3, 0.4) is 0 Å². The molecule has 0 aliphatic carbocycles. The normalized spacial score (nSPS) is 9.93. The van der Waals surface area contributed by atoms with Crippen LogP contribution in [0.5, 0.6) is 0 Å². The van der Waals surface area contributed by atoms with E-state index in [9.17, 15) is 0 Å². The van der Waals surface area contributed by atoms with Gasteiger partial charge in [-0.3, -0.25) is 0 Å². The molecule has 0 radical (unpaired) electrons. The minimum Gasteiger partial charge on any atom is -0.359 e.